The summed E-state index contributed by atoms with van der Waals surface area (Å²) in [5.41, 5.74) is 1.09. The van der Waals surface area contributed by atoms with Crippen LogP contribution in [0.2, 0.25) is 0 Å². The molecule has 1 aromatic carbocycles. The lowest BCUT2D eigenvalue weighted by Gasteiger charge is -2.10. The highest BCUT2D eigenvalue weighted by Crippen LogP contribution is 2.34. The molecule has 20 heavy (non-hydrogen) atoms. The van der Waals surface area contributed by atoms with Gasteiger partial charge in [0.25, 0.3) is 11.8 Å². The number of ether oxygens (including phenoxy) is 1. The maximum absolute atomic E-state index is 11.8. The van der Waals surface area contributed by atoms with Crippen LogP contribution in [0.3, 0.4) is 0 Å². The molecule has 3 rings (SSSR count). The molecule has 0 saturated heterocycles. The third-order valence-electron chi connectivity index (χ3n) is 3.01. The predicted octanol–water partition coefficient (Wildman–Crippen LogP) is 2.06. The SMILES string of the molecule is COc1cccc(-c2cc3c(s2)C(=N)C(=O)NC3=O)c1. The molecule has 0 spiro atoms. The molecule has 2 heterocycles. The second-order valence-corrected chi connectivity index (χ2v) is 5.30. The third kappa shape index (κ3) is 1.90. The minimum Gasteiger partial charge on any atom is -0.497 e. The first kappa shape index (κ1) is 12.6. The van der Waals surface area contributed by atoms with E-state index >= 15 is 0 Å². The van der Waals surface area contributed by atoms with Crippen LogP contribution in [0, 0.1) is 5.41 Å². The van der Waals surface area contributed by atoms with Crippen molar-refractivity contribution in [1.29, 1.82) is 5.41 Å². The van der Waals surface area contributed by atoms with Crippen molar-refractivity contribution in [2.24, 2.45) is 0 Å². The number of carbonyl (C=O) groups is 2. The summed E-state index contributed by atoms with van der Waals surface area (Å²) in [7, 11) is 1.58. The lowest BCUT2D eigenvalue weighted by atomic mass is 10.1. The Morgan fingerprint density at radius 3 is 2.75 bits per heavy atom. The summed E-state index contributed by atoms with van der Waals surface area (Å²) in [6, 6.07) is 9.12. The zero-order valence-electron chi connectivity index (χ0n) is 10.5. The van der Waals surface area contributed by atoms with Gasteiger partial charge in [0.1, 0.15) is 11.5 Å². The standard InChI is InChI=1S/C14H10N2O3S/c1-19-8-4-2-3-7(5-8)10-6-9-12(20-10)11(15)14(18)16-13(9)17/h2-6,15H,1H3,(H,16,17,18). The van der Waals surface area contributed by atoms with Crippen molar-refractivity contribution >= 4 is 28.9 Å². The second kappa shape index (κ2) is 4.57. The van der Waals surface area contributed by atoms with E-state index in [9.17, 15) is 9.59 Å². The number of benzene rings is 1. The van der Waals surface area contributed by atoms with Crippen molar-refractivity contribution in [3.63, 3.8) is 0 Å². The summed E-state index contributed by atoms with van der Waals surface area (Å²) in [4.78, 5) is 24.4. The minimum absolute atomic E-state index is 0.168. The van der Waals surface area contributed by atoms with Crippen molar-refractivity contribution in [2.75, 3.05) is 7.11 Å². The quantitative estimate of drug-likeness (QED) is 0.829. The summed E-state index contributed by atoms with van der Waals surface area (Å²) < 4.78 is 5.17. The second-order valence-electron chi connectivity index (χ2n) is 4.24. The van der Waals surface area contributed by atoms with E-state index in [1.165, 1.54) is 11.3 Å². The van der Waals surface area contributed by atoms with E-state index in [-0.39, 0.29) is 5.71 Å². The lowest BCUT2D eigenvalue weighted by molar-refractivity contribution is -0.114. The molecule has 0 fully saturated rings. The van der Waals surface area contributed by atoms with Gasteiger partial charge >= 0.3 is 0 Å². The fourth-order valence-electron chi connectivity index (χ4n) is 2.00. The van der Waals surface area contributed by atoms with Gasteiger partial charge in [0.15, 0.2) is 0 Å². The van der Waals surface area contributed by atoms with Crippen molar-refractivity contribution < 1.29 is 14.3 Å². The summed E-state index contributed by atoms with van der Waals surface area (Å²) in [5, 5.41) is 9.89. The van der Waals surface area contributed by atoms with Crippen molar-refractivity contribution in [3.8, 4) is 16.2 Å². The summed E-state index contributed by atoms with van der Waals surface area (Å²) in [5.74, 6) is -0.391. The Labute approximate surface area is 118 Å². The molecular weight excluding hydrogens is 276 g/mol. The molecule has 0 unspecified atom stereocenters. The highest BCUT2D eigenvalue weighted by molar-refractivity contribution is 7.18. The van der Waals surface area contributed by atoms with Crippen LogP contribution in [0.1, 0.15) is 15.2 Å². The number of amides is 2. The molecule has 1 aromatic heterocycles. The van der Waals surface area contributed by atoms with Crippen LogP contribution in [0.4, 0.5) is 0 Å². The summed E-state index contributed by atoms with van der Waals surface area (Å²) in [6.45, 7) is 0. The molecule has 0 bridgehead atoms. The maximum Gasteiger partial charge on any atom is 0.277 e. The molecule has 2 N–H and O–H groups in total. The van der Waals surface area contributed by atoms with Gasteiger partial charge in [0.05, 0.1) is 17.6 Å². The van der Waals surface area contributed by atoms with Crippen molar-refractivity contribution in [2.45, 2.75) is 0 Å². The van der Waals surface area contributed by atoms with Crippen LogP contribution < -0.4 is 10.1 Å². The molecule has 100 valence electrons. The van der Waals surface area contributed by atoms with E-state index in [1.807, 2.05) is 24.3 Å². The maximum atomic E-state index is 11.8. The summed E-state index contributed by atoms with van der Waals surface area (Å²) in [6.07, 6.45) is 0. The molecule has 0 radical (unpaired) electrons. The molecule has 1 aliphatic rings. The monoisotopic (exact) mass is 286 g/mol. The normalized spacial score (nSPS) is 13.9. The van der Waals surface area contributed by atoms with E-state index in [0.29, 0.717) is 16.2 Å². The van der Waals surface area contributed by atoms with Crippen LogP contribution in [0.5, 0.6) is 5.75 Å². The van der Waals surface area contributed by atoms with Gasteiger partial charge in [0, 0.05) is 4.88 Å². The van der Waals surface area contributed by atoms with Gasteiger partial charge in [-0.1, -0.05) is 12.1 Å². The average Bonchev–Trinajstić information content (AvgIpc) is 2.91. The van der Waals surface area contributed by atoms with Gasteiger partial charge in [-0.25, -0.2) is 0 Å². The Morgan fingerprint density at radius 2 is 2.00 bits per heavy atom. The largest absolute Gasteiger partial charge is 0.497 e. The number of rotatable bonds is 2. The van der Waals surface area contributed by atoms with Crippen LogP contribution in [0.25, 0.3) is 10.4 Å². The van der Waals surface area contributed by atoms with Gasteiger partial charge in [-0.05, 0) is 23.8 Å². The number of hydrogen-bond donors (Lipinski definition) is 2. The highest BCUT2D eigenvalue weighted by atomic mass is 32.1. The molecule has 2 amide bonds. The van der Waals surface area contributed by atoms with Crippen molar-refractivity contribution in [3.05, 3.63) is 40.8 Å². The highest BCUT2D eigenvalue weighted by Gasteiger charge is 2.30. The molecule has 0 saturated carbocycles. The zero-order valence-corrected chi connectivity index (χ0v) is 11.3. The number of hydrogen-bond acceptors (Lipinski definition) is 5. The Hall–Kier alpha value is -2.47. The summed E-state index contributed by atoms with van der Waals surface area (Å²) >= 11 is 1.26. The smallest absolute Gasteiger partial charge is 0.277 e. The molecule has 5 nitrogen and oxygen atoms in total. The van der Waals surface area contributed by atoms with Gasteiger partial charge in [-0.2, -0.15) is 0 Å². The number of thiophene rings is 1. The van der Waals surface area contributed by atoms with Gasteiger partial charge in [-0.15, -0.1) is 11.3 Å². The third-order valence-corrected chi connectivity index (χ3v) is 4.21. The first-order valence-corrected chi connectivity index (χ1v) is 6.64. The fraction of sp³-hybridized carbons (Fsp3) is 0.0714. The zero-order chi connectivity index (χ0) is 14.3. The van der Waals surface area contributed by atoms with E-state index in [2.05, 4.69) is 5.32 Å². The Kier molecular flexibility index (Phi) is 2.87. The average molecular weight is 286 g/mol. The number of nitrogens with one attached hydrogen (secondary N) is 2. The van der Waals surface area contributed by atoms with Crippen LogP contribution in [-0.2, 0) is 4.79 Å². The molecule has 0 atom stereocenters. The van der Waals surface area contributed by atoms with E-state index in [0.717, 1.165) is 10.4 Å². The predicted molar refractivity (Wildman–Crippen MR) is 75.6 cm³/mol. The molecule has 2 aromatic rings. The van der Waals surface area contributed by atoms with Crippen LogP contribution >= 0.6 is 11.3 Å². The van der Waals surface area contributed by atoms with Gasteiger partial charge in [-0.3, -0.25) is 20.3 Å². The molecule has 1 aliphatic heterocycles. The van der Waals surface area contributed by atoms with Crippen LogP contribution in [-0.4, -0.2) is 24.6 Å². The Bertz CT molecular complexity index is 749. The lowest BCUT2D eigenvalue weighted by Crippen LogP contribution is -2.41. The molecule has 6 heteroatoms. The first-order valence-electron chi connectivity index (χ1n) is 5.83. The number of methoxy groups -OCH3 is 1. The Morgan fingerprint density at radius 1 is 1.20 bits per heavy atom. The van der Waals surface area contributed by atoms with Gasteiger partial charge in [0.2, 0.25) is 0 Å². The van der Waals surface area contributed by atoms with Gasteiger partial charge < -0.3 is 4.74 Å². The topological polar surface area (TPSA) is 79.2 Å². The fourth-order valence-corrected chi connectivity index (χ4v) is 3.10. The van der Waals surface area contributed by atoms with Crippen molar-refractivity contribution in [1.82, 2.24) is 5.32 Å². The first-order chi connectivity index (χ1) is 9.60. The minimum atomic E-state index is -0.651. The van der Waals surface area contributed by atoms with E-state index in [1.54, 1.807) is 13.2 Å². The molecule has 0 aliphatic carbocycles. The molecular formula is C14H10N2O3S. The van der Waals surface area contributed by atoms with E-state index < -0.39 is 11.8 Å². The Balaban J connectivity index is 2.11. The number of fused-ring (bicyclic) bond motifs is 1. The van der Waals surface area contributed by atoms with Crippen LogP contribution in [0.15, 0.2) is 30.3 Å². The number of carbonyl (C=O) groups excluding carboxylic acids is 2. The van der Waals surface area contributed by atoms with E-state index in [4.69, 9.17) is 10.1 Å². The number of imide groups is 1.